The number of sulfonamides is 1. The lowest BCUT2D eigenvalue weighted by Crippen LogP contribution is -2.09. The summed E-state index contributed by atoms with van der Waals surface area (Å²) in [7, 11) is -0.0649. The molecule has 5 nitrogen and oxygen atoms in total. The molecule has 0 amide bonds. The first-order chi connectivity index (χ1) is 14.9. The van der Waals surface area contributed by atoms with Gasteiger partial charge in [-0.3, -0.25) is 4.72 Å². The Kier molecular flexibility index (Phi) is 5.74. The van der Waals surface area contributed by atoms with Crippen LogP contribution in [0.15, 0.2) is 60.7 Å². The van der Waals surface area contributed by atoms with Crippen LogP contribution < -0.4 is 14.2 Å². The SMILES string of the molecule is COc1cc2c(cc1OC)/C(=C\c1cccc(NS(C)(=O)=O)c1)c1ccccc1CC2. The van der Waals surface area contributed by atoms with E-state index in [0.717, 1.165) is 41.4 Å². The third-order valence-corrected chi connectivity index (χ3v) is 5.98. The maximum atomic E-state index is 11.7. The Labute approximate surface area is 183 Å². The van der Waals surface area contributed by atoms with Gasteiger partial charge in [0.15, 0.2) is 11.5 Å². The van der Waals surface area contributed by atoms with E-state index in [1.807, 2.05) is 30.3 Å². The molecule has 1 N–H and O–H groups in total. The number of anilines is 1. The summed E-state index contributed by atoms with van der Waals surface area (Å²) in [4.78, 5) is 0. The minimum atomic E-state index is -3.35. The van der Waals surface area contributed by atoms with Crippen LogP contribution in [0.25, 0.3) is 11.6 Å². The molecule has 0 saturated heterocycles. The quantitative estimate of drug-likeness (QED) is 0.627. The summed E-state index contributed by atoms with van der Waals surface area (Å²) < 4.78 is 37.0. The van der Waals surface area contributed by atoms with E-state index >= 15 is 0 Å². The summed E-state index contributed by atoms with van der Waals surface area (Å²) in [6, 6.07) is 19.9. The number of ether oxygens (including phenoxy) is 2. The number of benzene rings is 3. The van der Waals surface area contributed by atoms with Crippen molar-refractivity contribution in [1.29, 1.82) is 0 Å². The molecule has 4 rings (SSSR count). The van der Waals surface area contributed by atoms with E-state index in [4.69, 9.17) is 9.47 Å². The van der Waals surface area contributed by atoms with E-state index in [1.165, 1.54) is 11.1 Å². The third-order valence-electron chi connectivity index (χ3n) is 5.37. The zero-order valence-corrected chi connectivity index (χ0v) is 18.6. The van der Waals surface area contributed by atoms with Crippen LogP contribution in [0, 0.1) is 0 Å². The summed E-state index contributed by atoms with van der Waals surface area (Å²) in [5.41, 5.74) is 7.21. The van der Waals surface area contributed by atoms with Crippen LogP contribution in [-0.2, 0) is 22.9 Å². The monoisotopic (exact) mass is 435 g/mol. The highest BCUT2D eigenvalue weighted by Crippen LogP contribution is 2.40. The zero-order valence-electron chi connectivity index (χ0n) is 17.8. The lowest BCUT2D eigenvalue weighted by Gasteiger charge is -2.16. The van der Waals surface area contributed by atoms with Gasteiger partial charge in [0.25, 0.3) is 0 Å². The van der Waals surface area contributed by atoms with Crippen LogP contribution in [0.3, 0.4) is 0 Å². The van der Waals surface area contributed by atoms with Crippen LogP contribution in [0.2, 0.25) is 0 Å². The number of rotatable bonds is 5. The van der Waals surface area contributed by atoms with Crippen molar-refractivity contribution in [3.8, 4) is 11.5 Å². The van der Waals surface area contributed by atoms with Crippen molar-refractivity contribution >= 4 is 27.4 Å². The van der Waals surface area contributed by atoms with E-state index in [9.17, 15) is 8.42 Å². The van der Waals surface area contributed by atoms with Crippen molar-refractivity contribution in [3.05, 3.63) is 88.5 Å². The van der Waals surface area contributed by atoms with Crippen LogP contribution in [-0.4, -0.2) is 28.9 Å². The summed E-state index contributed by atoms with van der Waals surface area (Å²) >= 11 is 0. The van der Waals surface area contributed by atoms with E-state index in [1.54, 1.807) is 20.3 Å². The number of hydrogen-bond donors (Lipinski definition) is 1. The predicted octanol–water partition coefficient (Wildman–Crippen LogP) is 4.76. The van der Waals surface area contributed by atoms with E-state index in [0.29, 0.717) is 17.2 Å². The Morgan fingerprint density at radius 1 is 0.839 bits per heavy atom. The van der Waals surface area contributed by atoms with Gasteiger partial charge in [-0.25, -0.2) is 8.42 Å². The van der Waals surface area contributed by atoms with Crippen LogP contribution >= 0.6 is 0 Å². The highest BCUT2D eigenvalue weighted by atomic mass is 32.2. The van der Waals surface area contributed by atoms with Gasteiger partial charge in [0.2, 0.25) is 10.0 Å². The number of hydrogen-bond acceptors (Lipinski definition) is 4. The van der Waals surface area contributed by atoms with E-state index in [-0.39, 0.29) is 0 Å². The lowest BCUT2D eigenvalue weighted by molar-refractivity contribution is 0.354. The normalized spacial score (nSPS) is 14.4. The molecule has 0 aliphatic heterocycles. The highest BCUT2D eigenvalue weighted by Gasteiger charge is 2.21. The smallest absolute Gasteiger partial charge is 0.229 e. The summed E-state index contributed by atoms with van der Waals surface area (Å²) in [6.07, 6.45) is 5.06. The van der Waals surface area contributed by atoms with Gasteiger partial charge >= 0.3 is 0 Å². The maximum absolute atomic E-state index is 11.7. The molecular weight excluding hydrogens is 410 g/mol. The second-order valence-corrected chi connectivity index (χ2v) is 9.33. The first-order valence-corrected chi connectivity index (χ1v) is 11.9. The van der Waals surface area contributed by atoms with Crippen molar-refractivity contribution in [2.24, 2.45) is 0 Å². The molecule has 0 spiro atoms. The molecule has 0 fully saturated rings. The molecule has 0 heterocycles. The second-order valence-electron chi connectivity index (χ2n) is 7.58. The Hall–Kier alpha value is -3.25. The molecule has 0 aromatic heterocycles. The highest BCUT2D eigenvalue weighted by molar-refractivity contribution is 7.92. The van der Waals surface area contributed by atoms with Crippen molar-refractivity contribution in [2.45, 2.75) is 12.8 Å². The van der Waals surface area contributed by atoms with E-state index in [2.05, 4.69) is 35.1 Å². The van der Waals surface area contributed by atoms with Crippen molar-refractivity contribution in [1.82, 2.24) is 0 Å². The van der Waals surface area contributed by atoms with Gasteiger partial charge in [0.1, 0.15) is 0 Å². The molecule has 3 aromatic carbocycles. The topological polar surface area (TPSA) is 64.6 Å². The predicted molar refractivity (Wildman–Crippen MR) is 125 cm³/mol. The molecule has 0 radical (unpaired) electrons. The van der Waals surface area contributed by atoms with Gasteiger partial charge in [-0.1, -0.05) is 36.4 Å². The van der Waals surface area contributed by atoms with Crippen LogP contribution in [0.4, 0.5) is 5.69 Å². The molecule has 1 aliphatic carbocycles. The number of methoxy groups -OCH3 is 2. The fraction of sp³-hybridized carbons (Fsp3) is 0.200. The molecule has 0 atom stereocenters. The summed E-state index contributed by atoms with van der Waals surface area (Å²) in [5.74, 6) is 1.39. The van der Waals surface area contributed by atoms with Gasteiger partial charge in [-0.05, 0) is 76.6 Å². The Balaban J connectivity index is 1.92. The maximum Gasteiger partial charge on any atom is 0.229 e. The minimum absolute atomic E-state index is 0.534. The first-order valence-electron chi connectivity index (χ1n) is 10.0. The Bertz CT molecular complexity index is 1260. The molecule has 1 aliphatic rings. The van der Waals surface area contributed by atoms with Gasteiger partial charge < -0.3 is 9.47 Å². The standard InChI is InChI=1S/C25H25NO4S/c1-29-24-15-19-12-11-18-8-4-5-10-21(18)23(22(19)16-25(24)30-2)14-17-7-6-9-20(13-17)26-31(3,27)28/h4-10,13-16,26H,11-12H2,1-3H3/b23-14-. The average molecular weight is 436 g/mol. The van der Waals surface area contributed by atoms with Gasteiger partial charge in [-0.15, -0.1) is 0 Å². The van der Waals surface area contributed by atoms with Crippen LogP contribution in [0.5, 0.6) is 11.5 Å². The van der Waals surface area contributed by atoms with Crippen molar-refractivity contribution in [3.63, 3.8) is 0 Å². The third kappa shape index (κ3) is 4.59. The second kappa shape index (κ2) is 8.47. The molecule has 0 unspecified atom stereocenters. The number of nitrogens with one attached hydrogen (secondary N) is 1. The Morgan fingerprint density at radius 2 is 1.55 bits per heavy atom. The molecule has 3 aromatic rings. The molecular formula is C25H25NO4S. The summed E-state index contributed by atoms with van der Waals surface area (Å²) in [5, 5.41) is 0. The van der Waals surface area contributed by atoms with Crippen molar-refractivity contribution < 1.29 is 17.9 Å². The molecule has 0 saturated carbocycles. The lowest BCUT2D eigenvalue weighted by atomic mass is 9.92. The minimum Gasteiger partial charge on any atom is -0.493 e. The van der Waals surface area contributed by atoms with Crippen molar-refractivity contribution in [2.75, 3.05) is 25.2 Å². The largest absolute Gasteiger partial charge is 0.493 e. The summed E-state index contributed by atoms with van der Waals surface area (Å²) in [6.45, 7) is 0. The average Bonchev–Trinajstić information content (AvgIpc) is 2.89. The molecule has 160 valence electrons. The molecule has 31 heavy (non-hydrogen) atoms. The molecule has 0 bridgehead atoms. The number of aryl methyl sites for hydroxylation is 2. The first kappa shape index (κ1) is 21.0. The fourth-order valence-corrected chi connectivity index (χ4v) is 4.58. The Morgan fingerprint density at radius 3 is 2.29 bits per heavy atom. The fourth-order valence-electron chi connectivity index (χ4n) is 4.02. The van der Waals surface area contributed by atoms with Gasteiger partial charge in [0, 0.05) is 5.69 Å². The van der Waals surface area contributed by atoms with Gasteiger partial charge in [0.05, 0.1) is 20.5 Å². The number of fused-ring (bicyclic) bond motifs is 2. The zero-order chi connectivity index (χ0) is 22.0. The van der Waals surface area contributed by atoms with E-state index < -0.39 is 10.0 Å². The molecule has 6 heteroatoms. The van der Waals surface area contributed by atoms with Gasteiger partial charge in [-0.2, -0.15) is 0 Å². The van der Waals surface area contributed by atoms with Crippen LogP contribution in [0.1, 0.15) is 27.8 Å².